The molecule has 102 valence electrons. The zero-order valence-electron chi connectivity index (χ0n) is 11.8. The van der Waals surface area contributed by atoms with Crippen molar-refractivity contribution in [1.29, 1.82) is 0 Å². The van der Waals surface area contributed by atoms with Gasteiger partial charge in [0.1, 0.15) is 11.6 Å². The highest BCUT2D eigenvalue weighted by Gasteiger charge is 2.11. The van der Waals surface area contributed by atoms with Gasteiger partial charge in [0.15, 0.2) is 0 Å². The highest BCUT2D eigenvalue weighted by Crippen LogP contribution is 2.26. The van der Waals surface area contributed by atoms with Crippen molar-refractivity contribution in [3.05, 3.63) is 29.6 Å². The summed E-state index contributed by atoms with van der Waals surface area (Å²) in [4.78, 5) is 0. The first-order chi connectivity index (χ1) is 8.54. The zero-order chi connectivity index (χ0) is 13.5. The first-order valence-electron chi connectivity index (χ1n) is 6.64. The molecule has 0 saturated carbocycles. The smallest absolute Gasteiger partial charge is 0.126 e. The second-order valence-electron chi connectivity index (χ2n) is 5.08. The summed E-state index contributed by atoms with van der Waals surface area (Å²) in [7, 11) is 1.89. The zero-order valence-corrected chi connectivity index (χ0v) is 11.8. The second kappa shape index (κ2) is 7.37. The molecule has 0 aliphatic carbocycles. The quantitative estimate of drug-likeness (QED) is 0.744. The molecule has 1 unspecified atom stereocenters. The van der Waals surface area contributed by atoms with E-state index >= 15 is 0 Å². The molecule has 0 aliphatic rings. The normalized spacial score (nSPS) is 12.8. The average Bonchev–Trinajstić information content (AvgIpc) is 2.33. The Morgan fingerprint density at radius 3 is 2.61 bits per heavy atom. The van der Waals surface area contributed by atoms with Crippen LogP contribution in [0.3, 0.4) is 0 Å². The van der Waals surface area contributed by atoms with Crippen LogP contribution in [0.25, 0.3) is 0 Å². The van der Waals surface area contributed by atoms with Crippen molar-refractivity contribution in [2.24, 2.45) is 5.92 Å². The minimum atomic E-state index is -0.249. The summed E-state index contributed by atoms with van der Waals surface area (Å²) in [6, 6.07) is 4.89. The summed E-state index contributed by atoms with van der Waals surface area (Å²) in [6.45, 7) is 7.06. The van der Waals surface area contributed by atoms with E-state index in [0.717, 1.165) is 18.4 Å². The van der Waals surface area contributed by atoms with E-state index in [9.17, 15) is 4.39 Å². The largest absolute Gasteiger partial charge is 0.493 e. The molecule has 0 radical (unpaired) electrons. The van der Waals surface area contributed by atoms with Crippen molar-refractivity contribution in [3.63, 3.8) is 0 Å². The van der Waals surface area contributed by atoms with Crippen LogP contribution in [0.1, 0.15) is 45.2 Å². The Labute approximate surface area is 110 Å². The standard InChI is InChI=1S/C15H24FNO/c1-11(2)6-5-9-18-15-10-13(16)7-8-14(15)12(3)17-4/h7-8,10-12,17H,5-6,9H2,1-4H3. The molecule has 2 nitrogen and oxygen atoms in total. The van der Waals surface area contributed by atoms with E-state index in [1.165, 1.54) is 12.1 Å². The van der Waals surface area contributed by atoms with E-state index in [1.807, 2.05) is 14.0 Å². The molecule has 0 amide bonds. The summed E-state index contributed by atoms with van der Waals surface area (Å²) >= 11 is 0. The van der Waals surface area contributed by atoms with E-state index < -0.39 is 0 Å². The van der Waals surface area contributed by atoms with Crippen molar-refractivity contribution in [2.45, 2.75) is 39.7 Å². The molecule has 0 spiro atoms. The van der Waals surface area contributed by atoms with Crippen molar-refractivity contribution >= 4 is 0 Å². The van der Waals surface area contributed by atoms with Gasteiger partial charge < -0.3 is 10.1 Å². The van der Waals surface area contributed by atoms with Gasteiger partial charge >= 0.3 is 0 Å². The Hall–Kier alpha value is -1.09. The number of halogens is 1. The number of nitrogens with one attached hydrogen (secondary N) is 1. The molecule has 1 N–H and O–H groups in total. The van der Waals surface area contributed by atoms with Gasteiger partial charge in [0.05, 0.1) is 6.61 Å². The molecule has 0 heterocycles. The Morgan fingerprint density at radius 2 is 2.00 bits per heavy atom. The lowest BCUT2D eigenvalue weighted by atomic mass is 10.1. The third-order valence-electron chi connectivity index (χ3n) is 3.06. The lowest BCUT2D eigenvalue weighted by Gasteiger charge is -2.17. The summed E-state index contributed by atoms with van der Waals surface area (Å²) in [5.41, 5.74) is 1.00. The van der Waals surface area contributed by atoms with Gasteiger partial charge in [-0.3, -0.25) is 0 Å². The minimum absolute atomic E-state index is 0.158. The van der Waals surface area contributed by atoms with Crippen LogP contribution in [0.4, 0.5) is 4.39 Å². The highest BCUT2D eigenvalue weighted by molar-refractivity contribution is 5.36. The topological polar surface area (TPSA) is 21.3 Å². The fourth-order valence-electron chi connectivity index (χ4n) is 1.82. The molecule has 0 aromatic heterocycles. The molecule has 1 aromatic carbocycles. The highest BCUT2D eigenvalue weighted by atomic mass is 19.1. The summed E-state index contributed by atoms with van der Waals surface area (Å²) in [5.74, 6) is 1.08. The predicted molar refractivity (Wildman–Crippen MR) is 73.4 cm³/mol. The predicted octanol–water partition coefficient (Wildman–Crippen LogP) is 3.92. The van der Waals surface area contributed by atoms with Crippen LogP contribution in [0.5, 0.6) is 5.75 Å². The maximum Gasteiger partial charge on any atom is 0.126 e. The molecule has 18 heavy (non-hydrogen) atoms. The van der Waals surface area contributed by atoms with E-state index in [2.05, 4.69) is 19.2 Å². The number of benzene rings is 1. The molecule has 3 heteroatoms. The van der Waals surface area contributed by atoms with Gasteiger partial charge in [-0.15, -0.1) is 0 Å². The molecule has 0 aliphatic heterocycles. The van der Waals surface area contributed by atoms with Gasteiger partial charge in [0.2, 0.25) is 0 Å². The van der Waals surface area contributed by atoms with Crippen molar-refractivity contribution < 1.29 is 9.13 Å². The molecular formula is C15H24FNO. The maximum absolute atomic E-state index is 13.3. The molecular weight excluding hydrogens is 229 g/mol. The lowest BCUT2D eigenvalue weighted by Crippen LogP contribution is -2.14. The maximum atomic E-state index is 13.3. The molecule has 0 saturated heterocycles. The van der Waals surface area contributed by atoms with Gasteiger partial charge in [-0.05, 0) is 38.8 Å². The average molecular weight is 253 g/mol. The number of rotatable bonds is 7. The van der Waals surface area contributed by atoms with Crippen molar-refractivity contribution in [2.75, 3.05) is 13.7 Å². The van der Waals surface area contributed by atoms with Gasteiger partial charge in [-0.25, -0.2) is 4.39 Å². The Kier molecular flexibility index (Phi) is 6.13. The van der Waals surface area contributed by atoms with Gasteiger partial charge in [0.25, 0.3) is 0 Å². The van der Waals surface area contributed by atoms with Crippen LogP contribution in [0.2, 0.25) is 0 Å². The van der Waals surface area contributed by atoms with Crippen molar-refractivity contribution in [1.82, 2.24) is 5.32 Å². The van der Waals surface area contributed by atoms with E-state index in [4.69, 9.17) is 4.74 Å². The molecule has 1 aromatic rings. The van der Waals surface area contributed by atoms with Crippen LogP contribution >= 0.6 is 0 Å². The van der Waals surface area contributed by atoms with Crippen LogP contribution in [0.15, 0.2) is 18.2 Å². The summed E-state index contributed by atoms with van der Waals surface area (Å²) in [5, 5.41) is 3.15. The van der Waals surface area contributed by atoms with Crippen LogP contribution in [-0.2, 0) is 0 Å². The molecule has 1 rings (SSSR count). The number of ether oxygens (including phenoxy) is 1. The van der Waals surface area contributed by atoms with Gasteiger partial charge in [-0.1, -0.05) is 19.9 Å². The third-order valence-corrected chi connectivity index (χ3v) is 3.06. The molecule has 0 bridgehead atoms. The van der Waals surface area contributed by atoms with E-state index in [1.54, 1.807) is 6.07 Å². The fraction of sp³-hybridized carbons (Fsp3) is 0.600. The fourth-order valence-corrected chi connectivity index (χ4v) is 1.82. The van der Waals surface area contributed by atoms with E-state index in [-0.39, 0.29) is 11.9 Å². The SMILES string of the molecule is CNC(C)c1ccc(F)cc1OCCCC(C)C. The first-order valence-corrected chi connectivity index (χ1v) is 6.64. The Bertz CT molecular complexity index is 366. The molecule has 1 atom stereocenters. The van der Waals surface area contributed by atoms with Crippen LogP contribution in [0, 0.1) is 11.7 Å². The Balaban J connectivity index is 2.64. The third kappa shape index (κ3) is 4.65. The summed E-state index contributed by atoms with van der Waals surface area (Å²) in [6.07, 6.45) is 2.13. The minimum Gasteiger partial charge on any atom is -0.493 e. The van der Waals surface area contributed by atoms with Gasteiger partial charge in [0, 0.05) is 17.7 Å². The number of hydrogen-bond acceptors (Lipinski definition) is 2. The summed E-state index contributed by atoms with van der Waals surface area (Å²) < 4.78 is 19.0. The second-order valence-corrected chi connectivity index (χ2v) is 5.08. The molecule has 0 fully saturated rings. The van der Waals surface area contributed by atoms with Gasteiger partial charge in [-0.2, -0.15) is 0 Å². The first kappa shape index (κ1) is 15.0. The van der Waals surface area contributed by atoms with Crippen molar-refractivity contribution in [3.8, 4) is 5.75 Å². The van der Waals surface area contributed by atoms with Crippen LogP contribution < -0.4 is 10.1 Å². The van der Waals surface area contributed by atoms with Crippen LogP contribution in [-0.4, -0.2) is 13.7 Å². The monoisotopic (exact) mass is 253 g/mol. The Morgan fingerprint density at radius 1 is 1.28 bits per heavy atom. The van der Waals surface area contributed by atoms with E-state index in [0.29, 0.717) is 18.3 Å². The number of hydrogen-bond donors (Lipinski definition) is 1. The lowest BCUT2D eigenvalue weighted by molar-refractivity contribution is 0.291.